The van der Waals surface area contributed by atoms with Crippen molar-refractivity contribution in [3.63, 3.8) is 0 Å². The van der Waals surface area contributed by atoms with Crippen molar-refractivity contribution in [3.8, 4) is 11.3 Å². The van der Waals surface area contributed by atoms with Gasteiger partial charge in [-0.3, -0.25) is 10.1 Å². The quantitative estimate of drug-likeness (QED) is 0.683. The van der Waals surface area contributed by atoms with E-state index in [1.807, 2.05) is 13.8 Å². The van der Waals surface area contributed by atoms with Gasteiger partial charge in [0, 0.05) is 23.4 Å². The summed E-state index contributed by atoms with van der Waals surface area (Å²) in [6, 6.07) is 7.44. The molecule has 1 N–H and O–H groups in total. The van der Waals surface area contributed by atoms with Crippen LogP contribution in [0.3, 0.4) is 0 Å². The maximum atomic E-state index is 11.2. The van der Waals surface area contributed by atoms with Crippen LogP contribution in [0.5, 0.6) is 0 Å². The van der Waals surface area contributed by atoms with E-state index in [1.54, 1.807) is 16.7 Å². The van der Waals surface area contributed by atoms with Gasteiger partial charge in [0.25, 0.3) is 5.69 Å². The topological polar surface area (TPSA) is 85.4 Å². The van der Waals surface area contributed by atoms with Crippen molar-refractivity contribution in [3.05, 3.63) is 51.2 Å². The molecule has 0 bridgehead atoms. The van der Waals surface area contributed by atoms with E-state index >= 15 is 0 Å². The van der Waals surface area contributed by atoms with Gasteiger partial charge in [-0.1, -0.05) is 17.7 Å². The van der Waals surface area contributed by atoms with Crippen LogP contribution in [0.4, 0.5) is 5.69 Å². The number of rotatable bonds is 4. The average Bonchev–Trinajstić information content (AvgIpc) is 2.83. The van der Waals surface area contributed by atoms with Crippen molar-refractivity contribution in [2.75, 3.05) is 0 Å². The molecular weight excluding hydrogens is 296 g/mol. The molecule has 1 aromatic carbocycles. The number of nitro benzene ring substituents is 1. The van der Waals surface area contributed by atoms with Crippen LogP contribution in [0.15, 0.2) is 30.3 Å². The fraction of sp³-hybridized carbons (Fsp3) is 0.214. The van der Waals surface area contributed by atoms with Gasteiger partial charge in [0.05, 0.1) is 4.92 Å². The zero-order valence-corrected chi connectivity index (χ0v) is 12.2. The maximum Gasteiger partial charge on any atom is 0.352 e. The number of carboxylic acids is 1. The summed E-state index contributed by atoms with van der Waals surface area (Å²) >= 11 is 5.79. The normalized spacial score (nSPS) is 10.9. The zero-order chi connectivity index (χ0) is 15.7. The fourth-order valence-electron chi connectivity index (χ4n) is 2.23. The highest BCUT2D eigenvalue weighted by molar-refractivity contribution is 6.32. The van der Waals surface area contributed by atoms with Crippen molar-refractivity contribution in [2.24, 2.45) is 0 Å². The van der Waals surface area contributed by atoms with Crippen molar-refractivity contribution in [1.82, 2.24) is 4.57 Å². The third-order valence-electron chi connectivity index (χ3n) is 3.09. The number of halogens is 1. The van der Waals surface area contributed by atoms with Crippen LogP contribution in [0.2, 0.25) is 5.02 Å². The molecule has 0 fully saturated rings. The average molecular weight is 309 g/mol. The summed E-state index contributed by atoms with van der Waals surface area (Å²) in [6.45, 7) is 3.69. The number of carbonyl (C=O) groups is 1. The standard InChI is InChI=1S/C14H13ClN2O4/c1-8(2)16-11(5-6-12(16)14(18)19)9-3-4-10(15)13(7-9)17(20)21/h3-8H,1-2H3,(H,18,19). The molecule has 0 atom stereocenters. The van der Waals surface area contributed by atoms with Gasteiger partial charge >= 0.3 is 5.97 Å². The summed E-state index contributed by atoms with van der Waals surface area (Å²) in [6.07, 6.45) is 0. The molecule has 7 heteroatoms. The Kier molecular flexibility index (Phi) is 3.99. The fourth-order valence-corrected chi connectivity index (χ4v) is 2.41. The van der Waals surface area contributed by atoms with Crippen LogP contribution in [-0.4, -0.2) is 20.6 Å². The first-order valence-electron chi connectivity index (χ1n) is 6.21. The molecule has 6 nitrogen and oxygen atoms in total. The third-order valence-corrected chi connectivity index (χ3v) is 3.41. The molecule has 0 aliphatic rings. The van der Waals surface area contributed by atoms with E-state index in [4.69, 9.17) is 11.6 Å². The van der Waals surface area contributed by atoms with E-state index in [1.165, 1.54) is 18.2 Å². The number of nitrogens with zero attached hydrogens (tertiary/aromatic N) is 2. The Hall–Kier alpha value is -2.34. The van der Waals surface area contributed by atoms with Gasteiger partial charge in [-0.25, -0.2) is 4.79 Å². The summed E-state index contributed by atoms with van der Waals surface area (Å²) in [5.41, 5.74) is 1.08. The highest BCUT2D eigenvalue weighted by Gasteiger charge is 2.20. The second-order valence-corrected chi connectivity index (χ2v) is 5.20. The first-order chi connectivity index (χ1) is 9.82. The molecule has 0 saturated heterocycles. The predicted octanol–water partition coefficient (Wildman–Crippen LogP) is 4.00. The van der Waals surface area contributed by atoms with Crippen LogP contribution in [0.1, 0.15) is 30.4 Å². The summed E-state index contributed by atoms with van der Waals surface area (Å²) in [4.78, 5) is 21.6. The molecule has 0 aliphatic heterocycles. The minimum atomic E-state index is -1.04. The Morgan fingerprint density at radius 1 is 1.33 bits per heavy atom. The van der Waals surface area contributed by atoms with E-state index in [2.05, 4.69) is 0 Å². The Balaban J connectivity index is 2.65. The molecule has 0 spiro atoms. The first-order valence-corrected chi connectivity index (χ1v) is 6.59. The Labute approximate surface area is 125 Å². The smallest absolute Gasteiger partial charge is 0.352 e. The van der Waals surface area contributed by atoms with Crippen LogP contribution in [0, 0.1) is 10.1 Å². The number of nitro groups is 1. The number of hydrogen-bond acceptors (Lipinski definition) is 3. The Bertz CT molecular complexity index is 722. The lowest BCUT2D eigenvalue weighted by Crippen LogP contribution is -2.11. The second-order valence-electron chi connectivity index (χ2n) is 4.80. The molecule has 2 aromatic rings. The van der Waals surface area contributed by atoms with E-state index < -0.39 is 10.9 Å². The first kappa shape index (κ1) is 15.1. The maximum absolute atomic E-state index is 11.2. The molecule has 1 aromatic heterocycles. The van der Waals surface area contributed by atoms with Crippen molar-refractivity contribution in [2.45, 2.75) is 19.9 Å². The molecule has 1 heterocycles. The lowest BCUT2D eigenvalue weighted by Gasteiger charge is -2.15. The largest absolute Gasteiger partial charge is 0.477 e. The minimum Gasteiger partial charge on any atom is -0.477 e. The van der Waals surface area contributed by atoms with Gasteiger partial charge in [-0.2, -0.15) is 0 Å². The number of carboxylic acid groups (broad SMARTS) is 1. The summed E-state index contributed by atoms with van der Waals surface area (Å²) < 4.78 is 1.62. The summed E-state index contributed by atoms with van der Waals surface area (Å²) in [7, 11) is 0. The van der Waals surface area contributed by atoms with Gasteiger partial charge < -0.3 is 9.67 Å². The molecule has 0 saturated carbocycles. The van der Waals surface area contributed by atoms with Crippen molar-refractivity contribution >= 4 is 23.3 Å². The SMILES string of the molecule is CC(C)n1c(C(=O)O)ccc1-c1ccc(Cl)c([N+](=O)[O-])c1. The zero-order valence-electron chi connectivity index (χ0n) is 11.4. The third kappa shape index (κ3) is 2.75. The number of aromatic nitrogens is 1. The van der Waals surface area contributed by atoms with Gasteiger partial charge in [-0.05, 0) is 32.0 Å². The van der Waals surface area contributed by atoms with E-state index in [9.17, 15) is 20.0 Å². The molecule has 0 radical (unpaired) electrons. The van der Waals surface area contributed by atoms with Crippen molar-refractivity contribution in [1.29, 1.82) is 0 Å². The highest BCUT2D eigenvalue weighted by atomic mass is 35.5. The number of hydrogen-bond donors (Lipinski definition) is 1. The van der Waals surface area contributed by atoms with E-state index in [0.29, 0.717) is 11.3 Å². The highest BCUT2D eigenvalue weighted by Crippen LogP contribution is 2.32. The monoisotopic (exact) mass is 308 g/mol. The Morgan fingerprint density at radius 3 is 2.52 bits per heavy atom. The molecular formula is C14H13ClN2O4. The second kappa shape index (κ2) is 5.57. The van der Waals surface area contributed by atoms with Gasteiger partial charge in [0.2, 0.25) is 0 Å². The lowest BCUT2D eigenvalue weighted by atomic mass is 10.1. The van der Waals surface area contributed by atoms with Crippen LogP contribution in [0.25, 0.3) is 11.3 Å². The van der Waals surface area contributed by atoms with Crippen LogP contribution in [-0.2, 0) is 0 Å². The number of aromatic carboxylic acids is 1. The molecule has 0 amide bonds. The Morgan fingerprint density at radius 2 is 2.00 bits per heavy atom. The summed E-state index contributed by atoms with van der Waals surface area (Å²) in [5.74, 6) is -1.04. The summed E-state index contributed by atoms with van der Waals surface area (Å²) in [5, 5.41) is 20.2. The number of benzene rings is 1. The molecule has 2 rings (SSSR count). The van der Waals surface area contributed by atoms with Crippen LogP contribution < -0.4 is 0 Å². The van der Waals surface area contributed by atoms with E-state index in [-0.39, 0.29) is 22.4 Å². The molecule has 21 heavy (non-hydrogen) atoms. The van der Waals surface area contributed by atoms with Gasteiger partial charge in [-0.15, -0.1) is 0 Å². The van der Waals surface area contributed by atoms with Crippen LogP contribution >= 0.6 is 11.6 Å². The van der Waals surface area contributed by atoms with Gasteiger partial charge in [0.15, 0.2) is 0 Å². The van der Waals surface area contributed by atoms with E-state index in [0.717, 1.165) is 0 Å². The molecule has 0 unspecified atom stereocenters. The minimum absolute atomic E-state index is 0.0462. The lowest BCUT2D eigenvalue weighted by molar-refractivity contribution is -0.384. The molecule has 110 valence electrons. The molecule has 0 aliphatic carbocycles. The van der Waals surface area contributed by atoms with Gasteiger partial charge in [0.1, 0.15) is 10.7 Å². The predicted molar refractivity (Wildman–Crippen MR) is 78.9 cm³/mol. The van der Waals surface area contributed by atoms with Crippen molar-refractivity contribution < 1.29 is 14.8 Å².